The summed E-state index contributed by atoms with van der Waals surface area (Å²) >= 11 is 6.04. The summed E-state index contributed by atoms with van der Waals surface area (Å²) in [5.41, 5.74) is 6.65. The molecule has 4 amide bonds. The van der Waals surface area contributed by atoms with E-state index in [0.29, 0.717) is 5.69 Å². The largest absolute Gasteiger partial charge is 0.327 e. The van der Waals surface area contributed by atoms with E-state index in [-0.39, 0.29) is 34.0 Å². The second-order valence-corrected chi connectivity index (χ2v) is 17.2. The van der Waals surface area contributed by atoms with E-state index in [1.807, 2.05) is 76.2 Å². The van der Waals surface area contributed by atoms with Crippen molar-refractivity contribution < 1.29 is 9.59 Å². The highest BCUT2D eigenvalue weighted by Crippen LogP contribution is 2.46. The number of hydrogen-bond donors (Lipinski definition) is 4. The Morgan fingerprint density at radius 1 is 0.636 bits per heavy atom. The van der Waals surface area contributed by atoms with Crippen LogP contribution in [0.5, 0.6) is 0 Å². The number of aromatic nitrogens is 4. The van der Waals surface area contributed by atoms with Gasteiger partial charge in [-0.05, 0) is 148 Å². The van der Waals surface area contributed by atoms with Gasteiger partial charge in [0.15, 0.2) is 0 Å². The zero-order valence-electron chi connectivity index (χ0n) is 33.4. The Hall–Kier alpha value is -5.08. The lowest BCUT2D eigenvalue weighted by molar-refractivity contribution is 0.136. The van der Waals surface area contributed by atoms with E-state index in [0.717, 1.165) is 90.7 Å². The summed E-state index contributed by atoms with van der Waals surface area (Å²) in [6.07, 6.45) is 10.3. The second-order valence-electron chi connectivity index (χ2n) is 16.9. The van der Waals surface area contributed by atoms with Gasteiger partial charge in [-0.1, -0.05) is 52.0 Å². The maximum atomic E-state index is 12.9. The number of rotatable bonds is 6. The summed E-state index contributed by atoms with van der Waals surface area (Å²) in [5.74, 6) is 0.124. The van der Waals surface area contributed by atoms with E-state index in [9.17, 15) is 14.9 Å². The van der Waals surface area contributed by atoms with Crippen molar-refractivity contribution in [1.82, 2.24) is 30.6 Å². The molecule has 6 rings (SSSR count). The van der Waals surface area contributed by atoms with E-state index < -0.39 is 11.1 Å². The van der Waals surface area contributed by atoms with Crippen LogP contribution in [-0.4, -0.2) is 32.0 Å². The molecule has 0 atom stereocenters. The van der Waals surface area contributed by atoms with Gasteiger partial charge >= 0.3 is 12.1 Å². The zero-order valence-corrected chi connectivity index (χ0v) is 34.1. The molecule has 2 aromatic carbocycles. The molecule has 0 unspecified atom stereocenters. The minimum atomic E-state index is -0.605. The van der Waals surface area contributed by atoms with E-state index >= 15 is 0 Å². The molecular weight excluding hydrogens is 710 g/mol. The Balaban J connectivity index is 0.000000211. The van der Waals surface area contributed by atoms with Crippen LogP contribution in [0.25, 0.3) is 0 Å². The zero-order chi connectivity index (χ0) is 40.0. The van der Waals surface area contributed by atoms with Gasteiger partial charge in [-0.3, -0.25) is 0 Å². The van der Waals surface area contributed by atoms with E-state index in [4.69, 9.17) is 11.6 Å². The Bertz CT molecular complexity index is 2050. The normalized spacial score (nSPS) is 17.7. The molecule has 2 aliphatic rings. The molecule has 2 heterocycles. The Morgan fingerprint density at radius 3 is 1.47 bits per heavy atom. The van der Waals surface area contributed by atoms with Gasteiger partial charge in [0.05, 0.1) is 22.5 Å². The third-order valence-electron chi connectivity index (χ3n) is 11.3. The van der Waals surface area contributed by atoms with Crippen molar-refractivity contribution in [3.05, 3.63) is 106 Å². The molecule has 2 aromatic heterocycles. The number of nitriles is 1. The van der Waals surface area contributed by atoms with Crippen LogP contribution in [-0.2, 0) is 11.1 Å². The Kier molecular flexibility index (Phi) is 12.5. The fourth-order valence-corrected chi connectivity index (χ4v) is 7.51. The molecule has 2 fully saturated rings. The summed E-state index contributed by atoms with van der Waals surface area (Å²) in [6.45, 7) is 17.0. The van der Waals surface area contributed by atoms with Gasteiger partial charge in [0.1, 0.15) is 6.07 Å². The first kappa shape index (κ1) is 41.1. The standard InChI is InChI=1S/C22H27N5O.C21H27ClN4O/c1-15-5-6-16(2)17(13-15)25-20(28)27-22(10-8-21(3,4)9-11-22)18-7-12-24-19(14-23)26-18;1-14-5-6-15(2)16(13-14)24-19(27)26-21(10-8-20(3,4)9-11-21)17-7-12-23-18(22)25-17/h5-7,12-13H,8-11H2,1-4H3,(H2,25,27,28);5-7,12-13H,8-11H2,1-4H3,(H2,24,26,27). The summed E-state index contributed by atoms with van der Waals surface area (Å²) in [6, 6.07) is 17.2. The monoisotopic (exact) mass is 763 g/mol. The number of carbonyl (C=O) groups excluding carboxylic acids is 2. The van der Waals surface area contributed by atoms with Gasteiger partial charge in [-0.2, -0.15) is 5.26 Å². The highest BCUT2D eigenvalue weighted by Gasteiger charge is 2.43. The van der Waals surface area contributed by atoms with Crippen molar-refractivity contribution in [2.24, 2.45) is 10.8 Å². The SMILES string of the molecule is Cc1ccc(C)c(NC(=O)NC2(c3ccnc(C#N)n3)CCC(C)(C)CC2)c1.Cc1ccc(C)c(NC(=O)NC2(c3ccnc(Cl)n3)CCC(C)(C)CC2)c1. The molecule has 11 nitrogen and oxygen atoms in total. The average molecular weight is 764 g/mol. The number of nitrogens with one attached hydrogen (secondary N) is 4. The quantitative estimate of drug-likeness (QED) is 0.142. The maximum absolute atomic E-state index is 12.9. The number of amides is 4. The number of benzene rings is 2. The summed E-state index contributed by atoms with van der Waals surface area (Å²) in [4.78, 5) is 42.6. The molecule has 2 aliphatic carbocycles. The summed E-state index contributed by atoms with van der Waals surface area (Å²) < 4.78 is 0. The van der Waals surface area contributed by atoms with E-state index in [2.05, 4.69) is 68.9 Å². The van der Waals surface area contributed by atoms with Crippen LogP contribution in [0.4, 0.5) is 21.0 Å². The number of carbonyl (C=O) groups is 2. The van der Waals surface area contributed by atoms with E-state index in [1.165, 1.54) is 0 Å². The maximum Gasteiger partial charge on any atom is 0.319 e. The molecule has 0 bridgehead atoms. The molecule has 4 N–H and O–H groups in total. The molecule has 0 aliphatic heterocycles. The third kappa shape index (κ3) is 10.6. The number of urea groups is 2. The van der Waals surface area contributed by atoms with Crippen LogP contribution in [0, 0.1) is 49.9 Å². The van der Waals surface area contributed by atoms with Crippen LogP contribution in [0.2, 0.25) is 5.28 Å². The number of nitrogens with zero attached hydrogens (tertiary/aromatic N) is 5. The van der Waals surface area contributed by atoms with Crippen molar-refractivity contribution >= 4 is 35.0 Å². The lowest BCUT2D eigenvalue weighted by atomic mass is 9.68. The highest BCUT2D eigenvalue weighted by atomic mass is 35.5. The molecule has 0 spiro atoms. The average Bonchev–Trinajstić information content (AvgIpc) is 3.14. The van der Waals surface area contributed by atoms with Crippen LogP contribution < -0.4 is 21.3 Å². The van der Waals surface area contributed by atoms with Gasteiger partial charge in [-0.15, -0.1) is 0 Å². The minimum absolute atomic E-state index is 0.124. The van der Waals surface area contributed by atoms with Crippen molar-refractivity contribution in [1.29, 1.82) is 5.26 Å². The predicted octanol–water partition coefficient (Wildman–Crippen LogP) is 9.95. The first-order valence-electron chi connectivity index (χ1n) is 19.0. The van der Waals surface area contributed by atoms with Crippen LogP contribution in [0.1, 0.15) is 119 Å². The van der Waals surface area contributed by atoms with Crippen molar-refractivity contribution in [2.75, 3.05) is 10.6 Å². The lowest BCUT2D eigenvalue weighted by Crippen LogP contribution is -2.51. The summed E-state index contributed by atoms with van der Waals surface area (Å²) in [5, 5.41) is 21.8. The van der Waals surface area contributed by atoms with Crippen LogP contribution in [0.3, 0.4) is 0 Å². The second kappa shape index (κ2) is 16.7. The molecule has 55 heavy (non-hydrogen) atoms. The van der Waals surface area contributed by atoms with Crippen molar-refractivity contribution in [2.45, 2.75) is 118 Å². The summed E-state index contributed by atoms with van der Waals surface area (Å²) in [7, 11) is 0. The first-order valence-corrected chi connectivity index (χ1v) is 19.4. The smallest absolute Gasteiger partial charge is 0.319 e. The lowest BCUT2D eigenvalue weighted by Gasteiger charge is -2.43. The Labute approximate surface area is 330 Å². The molecule has 12 heteroatoms. The molecule has 2 saturated carbocycles. The number of anilines is 2. The van der Waals surface area contributed by atoms with Crippen LogP contribution >= 0.6 is 11.6 Å². The fourth-order valence-electron chi connectivity index (χ4n) is 7.36. The third-order valence-corrected chi connectivity index (χ3v) is 11.4. The first-order chi connectivity index (χ1) is 25.9. The van der Waals surface area contributed by atoms with Gasteiger partial charge in [0.25, 0.3) is 0 Å². The van der Waals surface area contributed by atoms with Crippen molar-refractivity contribution in [3.63, 3.8) is 0 Å². The topological polar surface area (TPSA) is 158 Å². The predicted molar refractivity (Wildman–Crippen MR) is 218 cm³/mol. The number of halogens is 1. The van der Waals surface area contributed by atoms with Gasteiger partial charge in [0.2, 0.25) is 11.1 Å². The molecule has 4 aromatic rings. The Morgan fingerprint density at radius 2 is 1.05 bits per heavy atom. The molecule has 290 valence electrons. The van der Waals surface area contributed by atoms with Crippen LogP contribution in [0.15, 0.2) is 60.9 Å². The minimum Gasteiger partial charge on any atom is -0.327 e. The van der Waals surface area contributed by atoms with Gasteiger partial charge in [0, 0.05) is 23.8 Å². The molecule has 0 saturated heterocycles. The molecule has 0 radical (unpaired) electrons. The van der Waals surface area contributed by atoms with E-state index in [1.54, 1.807) is 18.5 Å². The number of aryl methyl sites for hydroxylation is 4. The van der Waals surface area contributed by atoms with Gasteiger partial charge < -0.3 is 21.3 Å². The highest BCUT2D eigenvalue weighted by molar-refractivity contribution is 6.28. The molecular formula is C43H54ClN9O2. The fraction of sp³-hybridized carbons (Fsp3) is 0.465. The van der Waals surface area contributed by atoms with Gasteiger partial charge in [-0.25, -0.2) is 29.5 Å². The van der Waals surface area contributed by atoms with Crippen molar-refractivity contribution in [3.8, 4) is 6.07 Å². The number of hydrogen-bond acceptors (Lipinski definition) is 7.